The van der Waals surface area contributed by atoms with Crippen molar-refractivity contribution in [1.29, 1.82) is 0 Å². The van der Waals surface area contributed by atoms with Gasteiger partial charge in [-0.2, -0.15) is 0 Å². The molecule has 0 radical (unpaired) electrons. The number of hydrogen-bond acceptors (Lipinski definition) is 4. The number of hydrogen-bond donors (Lipinski definition) is 2. The predicted molar refractivity (Wildman–Crippen MR) is 145 cm³/mol. The van der Waals surface area contributed by atoms with E-state index in [2.05, 4.69) is 10.6 Å². The third-order valence-electron chi connectivity index (χ3n) is 5.40. The van der Waals surface area contributed by atoms with E-state index in [4.69, 9.17) is 21.1 Å². The van der Waals surface area contributed by atoms with Crippen LogP contribution in [0.25, 0.3) is 0 Å². The maximum Gasteiger partial charge on any atom is 0.249 e. The molecule has 37 heavy (non-hydrogen) atoms. The van der Waals surface area contributed by atoms with Crippen molar-refractivity contribution >= 4 is 29.1 Å². The Morgan fingerprint density at radius 1 is 0.757 bits per heavy atom. The lowest BCUT2D eigenvalue weighted by molar-refractivity contribution is -0.127. The fourth-order valence-electron chi connectivity index (χ4n) is 3.59. The number of carbonyl (C=O) groups excluding carboxylic acids is 2. The van der Waals surface area contributed by atoms with Gasteiger partial charge in [0.05, 0.1) is 19.6 Å². The Morgan fingerprint density at radius 2 is 1.41 bits per heavy atom. The summed E-state index contributed by atoms with van der Waals surface area (Å²) in [6.45, 7) is 0.331. The smallest absolute Gasteiger partial charge is 0.249 e. The summed E-state index contributed by atoms with van der Waals surface area (Å²) in [7, 11) is 0. The van der Waals surface area contributed by atoms with Crippen molar-refractivity contribution in [2.45, 2.75) is 19.1 Å². The minimum absolute atomic E-state index is 0.0111. The molecule has 0 spiro atoms. The van der Waals surface area contributed by atoms with Gasteiger partial charge in [-0.15, -0.1) is 0 Å². The van der Waals surface area contributed by atoms with Crippen LogP contribution in [0.15, 0.2) is 109 Å². The highest BCUT2D eigenvalue weighted by Gasteiger charge is 2.22. The normalized spacial score (nSPS) is 11.4. The molecule has 0 bridgehead atoms. The molecule has 0 heterocycles. The van der Waals surface area contributed by atoms with Crippen LogP contribution in [-0.2, 0) is 27.4 Å². The third-order valence-corrected chi connectivity index (χ3v) is 5.64. The minimum Gasteiger partial charge on any atom is -0.457 e. The summed E-state index contributed by atoms with van der Waals surface area (Å²) in [6, 6.07) is 32.2. The Labute approximate surface area is 221 Å². The Morgan fingerprint density at radius 3 is 2.11 bits per heavy atom. The van der Waals surface area contributed by atoms with Gasteiger partial charge in [0.25, 0.3) is 0 Å². The number of rotatable bonds is 11. The standard InChI is InChI=1S/C30H27ClN2O4/c31-24-11-7-10-23(18-24)19-29(34)33-28(21-36-20-22-8-3-1-4-9-22)30(35)32-25-14-16-27(17-15-25)37-26-12-5-2-6-13-26/h1-18,28H,19-21H2,(H,32,35)(H,33,34). The van der Waals surface area contributed by atoms with Crippen LogP contribution in [0.3, 0.4) is 0 Å². The largest absolute Gasteiger partial charge is 0.457 e. The molecule has 0 saturated heterocycles. The number of halogens is 1. The maximum atomic E-state index is 13.1. The van der Waals surface area contributed by atoms with Gasteiger partial charge in [0, 0.05) is 10.7 Å². The van der Waals surface area contributed by atoms with Crippen LogP contribution in [0.1, 0.15) is 11.1 Å². The Balaban J connectivity index is 1.38. The molecule has 4 rings (SSSR count). The van der Waals surface area contributed by atoms with E-state index in [-0.39, 0.29) is 24.8 Å². The monoisotopic (exact) mass is 514 g/mol. The fourth-order valence-corrected chi connectivity index (χ4v) is 3.80. The van der Waals surface area contributed by atoms with E-state index in [0.717, 1.165) is 16.9 Å². The van der Waals surface area contributed by atoms with Gasteiger partial charge in [-0.3, -0.25) is 9.59 Å². The SMILES string of the molecule is O=C(Cc1cccc(Cl)c1)NC(COCc1ccccc1)C(=O)Nc1ccc(Oc2ccccc2)cc1. The molecule has 6 nitrogen and oxygen atoms in total. The van der Waals surface area contributed by atoms with Gasteiger partial charge < -0.3 is 20.1 Å². The average Bonchev–Trinajstić information content (AvgIpc) is 2.90. The number of nitrogens with one attached hydrogen (secondary N) is 2. The van der Waals surface area contributed by atoms with Crippen LogP contribution in [0.5, 0.6) is 11.5 Å². The third kappa shape index (κ3) is 8.49. The van der Waals surface area contributed by atoms with Crippen molar-refractivity contribution in [3.8, 4) is 11.5 Å². The topological polar surface area (TPSA) is 76.7 Å². The number of ether oxygens (including phenoxy) is 2. The zero-order valence-corrected chi connectivity index (χ0v) is 20.9. The van der Waals surface area contributed by atoms with Crippen LogP contribution >= 0.6 is 11.6 Å². The van der Waals surface area contributed by atoms with Gasteiger partial charge >= 0.3 is 0 Å². The molecule has 0 aliphatic heterocycles. The lowest BCUT2D eigenvalue weighted by Gasteiger charge is -2.19. The summed E-state index contributed by atoms with van der Waals surface area (Å²) in [5.41, 5.74) is 2.30. The van der Waals surface area contributed by atoms with Gasteiger partial charge in [-0.1, -0.05) is 72.3 Å². The Kier molecular flexibility index (Phi) is 9.29. The van der Waals surface area contributed by atoms with Crippen molar-refractivity contribution in [3.05, 3.63) is 125 Å². The molecule has 4 aromatic carbocycles. The maximum absolute atomic E-state index is 13.1. The van der Waals surface area contributed by atoms with Crippen LogP contribution in [0.4, 0.5) is 5.69 Å². The first-order chi connectivity index (χ1) is 18.0. The number of amides is 2. The number of benzene rings is 4. The molecule has 0 fully saturated rings. The molecule has 2 amide bonds. The molecule has 1 atom stereocenters. The van der Waals surface area contributed by atoms with Crippen molar-refractivity contribution in [1.82, 2.24) is 5.32 Å². The molecule has 0 saturated carbocycles. The number of para-hydroxylation sites is 1. The van der Waals surface area contributed by atoms with Crippen molar-refractivity contribution in [2.75, 3.05) is 11.9 Å². The summed E-state index contributed by atoms with van der Waals surface area (Å²) in [5.74, 6) is 0.667. The highest BCUT2D eigenvalue weighted by molar-refractivity contribution is 6.30. The first-order valence-corrected chi connectivity index (χ1v) is 12.2. The molecular formula is C30H27ClN2O4. The second-order valence-corrected chi connectivity index (χ2v) is 8.79. The van der Waals surface area contributed by atoms with Crippen molar-refractivity contribution in [3.63, 3.8) is 0 Å². The van der Waals surface area contributed by atoms with Gasteiger partial charge in [-0.25, -0.2) is 0 Å². The summed E-state index contributed by atoms with van der Waals surface area (Å²) < 4.78 is 11.6. The Hall–Kier alpha value is -4.13. The summed E-state index contributed by atoms with van der Waals surface area (Å²) in [4.78, 5) is 25.9. The van der Waals surface area contributed by atoms with E-state index in [9.17, 15) is 9.59 Å². The van der Waals surface area contributed by atoms with Gasteiger partial charge in [0.15, 0.2) is 0 Å². The highest BCUT2D eigenvalue weighted by Crippen LogP contribution is 2.22. The second kappa shape index (κ2) is 13.3. The average molecular weight is 515 g/mol. The lowest BCUT2D eigenvalue weighted by atomic mass is 10.1. The summed E-state index contributed by atoms with van der Waals surface area (Å²) >= 11 is 6.03. The second-order valence-electron chi connectivity index (χ2n) is 8.36. The van der Waals surface area contributed by atoms with E-state index in [1.165, 1.54) is 0 Å². The molecule has 0 aliphatic rings. The van der Waals surface area contributed by atoms with Gasteiger partial charge in [-0.05, 0) is 59.7 Å². The first kappa shape index (κ1) is 25.9. The molecule has 0 aliphatic carbocycles. The zero-order chi connectivity index (χ0) is 25.9. The predicted octanol–water partition coefficient (Wildman–Crippen LogP) is 6.02. The van der Waals surface area contributed by atoms with E-state index < -0.39 is 6.04 Å². The fraction of sp³-hybridized carbons (Fsp3) is 0.133. The van der Waals surface area contributed by atoms with Gasteiger partial charge in [0.2, 0.25) is 11.8 Å². The van der Waals surface area contributed by atoms with Crippen molar-refractivity contribution < 1.29 is 19.1 Å². The molecule has 0 aromatic heterocycles. The van der Waals surface area contributed by atoms with Crippen LogP contribution in [0.2, 0.25) is 5.02 Å². The molecule has 4 aromatic rings. The molecule has 188 valence electrons. The van der Waals surface area contributed by atoms with Crippen LogP contribution < -0.4 is 15.4 Å². The van der Waals surface area contributed by atoms with Crippen molar-refractivity contribution in [2.24, 2.45) is 0 Å². The summed E-state index contributed by atoms with van der Waals surface area (Å²) in [5, 5.41) is 6.19. The quantitative estimate of drug-likeness (QED) is 0.257. The van der Waals surface area contributed by atoms with E-state index in [1.54, 1.807) is 42.5 Å². The first-order valence-electron chi connectivity index (χ1n) is 11.8. The zero-order valence-electron chi connectivity index (χ0n) is 20.1. The Bertz CT molecular complexity index is 1300. The van der Waals surface area contributed by atoms with E-state index in [0.29, 0.717) is 23.1 Å². The van der Waals surface area contributed by atoms with Gasteiger partial charge in [0.1, 0.15) is 17.5 Å². The summed E-state index contributed by atoms with van der Waals surface area (Å²) in [6.07, 6.45) is 0.0918. The lowest BCUT2D eigenvalue weighted by Crippen LogP contribution is -2.47. The number of carbonyl (C=O) groups is 2. The molecule has 7 heteroatoms. The molecule has 1 unspecified atom stereocenters. The molecular weight excluding hydrogens is 488 g/mol. The highest BCUT2D eigenvalue weighted by atomic mass is 35.5. The van der Waals surface area contributed by atoms with Crippen LogP contribution in [0, 0.1) is 0 Å². The van der Waals surface area contributed by atoms with Crippen LogP contribution in [-0.4, -0.2) is 24.5 Å². The van der Waals surface area contributed by atoms with E-state index in [1.807, 2.05) is 66.7 Å². The minimum atomic E-state index is -0.893. The number of anilines is 1. The van der Waals surface area contributed by atoms with E-state index >= 15 is 0 Å². The molecule has 2 N–H and O–H groups in total.